The van der Waals surface area contributed by atoms with Crippen molar-refractivity contribution >= 4 is 40.9 Å². The minimum absolute atomic E-state index is 0.0365. The standard InChI is InChI=1S/C13H16Cl2N2O3/c1-3-7(2)6-16-13(20)17-11-9(14)4-8(12(18)19)5-10(11)15/h4-5,7H,3,6H2,1-2H3,(H,18,19)(H2,16,17,20). The van der Waals surface area contributed by atoms with Crippen LogP contribution in [-0.2, 0) is 0 Å². The lowest BCUT2D eigenvalue weighted by Crippen LogP contribution is -2.32. The van der Waals surface area contributed by atoms with Crippen molar-refractivity contribution in [2.45, 2.75) is 20.3 Å². The molecule has 1 aromatic rings. The zero-order valence-corrected chi connectivity index (χ0v) is 12.7. The summed E-state index contributed by atoms with van der Waals surface area (Å²) in [5, 5.41) is 14.2. The van der Waals surface area contributed by atoms with Gasteiger partial charge in [-0.2, -0.15) is 0 Å². The molecule has 0 heterocycles. The number of aromatic carboxylic acids is 1. The summed E-state index contributed by atoms with van der Waals surface area (Å²) >= 11 is 11.8. The van der Waals surface area contributed by atoms with E-state index in [2.05, 4.69) is 10.6 Å². The smallest absolute Gasteiger partial charge is 0.335 e. The van der Waals surface area contributed by atoms with Gasteiger partial charge in [0.05, 0.1) is 21.3 Å². The number of carbonyl (C=O) groups excluding carboxylic acids is 1. The fourth-order valence-electron chi connectivity index (χ4n) is 1.39. The third-order valence-electron chi connectivity index (χ3n) is 2.84. The predicted molar refractivity (Wildman–Crippen MR) is 79.9 cm³/mol. The molecule has 0 aliphatic heterocycles. The number of carbonyl (C=O) groups is 2. The highest BCUT2D eigenvalue weighted by atomic mass is 35.5. The Balaban J connectivity index is 2.78. The lowest BCUT2D eigenvalue weighted by Gasteiger charge is -2.13. The molecule has 0 bridgehead atoms. The normalized spacial score (nSPS) is 11.8. The Bertz CT molecular complexity index is 497. The second kappa shape index (κ2) is 7.36. The van der Waals surface area contributed by atoms with Gasteiger partial charge in [0.25, 0.3) is 0 Å². The molecule has 0 fully saturated rings. The van der Waals surface area contributed by atoms with Gasteiger partial charge >= 0.3 is 12.0 Å². The molecule has 1 rings (SSSR count). The molecular weight excluding hydrogens is 303 g/mol. The number of benzene rings is 1. The van der Waals surface area contributed by atoms with Crippen LogP contribution in [0.4, 0.5) is 10.5 Å². The summed E-state index contributed by atoms with van der Waals surface area (Å²) in [6, 6.07) is 2.04. The summed E-state index contributed by atoms with van der Waals surface area (Å²) in [4.78, 5) is 22.5. The topological polar surface area (TPSA) is 78.4 Å². The molecule has 20 heavy (non-hydrogen) atoms. The average molecular weight is 319 g/mol. The highest BCUT2D eigenvalue weighted by Gasteiger charge is 2.14. The molecule has 7 heteroatoms. The zero-order valence-electron chi connectivity index (χ0n) is 11.2. The lowest BCUT2D eigenvalue weighted by molar-refractivity contribution is 0.0697. The first kappa shape index (κ1) is 16.6. The van der Waals surface area contributed by atoms with E-state index in [0.717, 1.165) is 6.42 Å². The monoisotopic (exact) mass is 318 g/mol. The summed E-state index contributed by atoms with van der Waals surface area (Å²) in [6.07, 6.45) is 0.953. The van der Waals surface area contributed by atoms with Crippen LogP contribution < -0.4 is 10.6 Å². The molecular formula is C13H16Cl2N2O3. The maximum atomic E-state index is 11.7. The molecule has 110 valence electrons. The summed E-state index contributed by atoms with van der Waals surface area (Å²) in [7, 11) is 0. The average Bonchev–Trinajstić information content (AvgIpc) is 2.39. The Kier molecular flexibility index (Phi) is 6.10. The highest BCUT2D eigenvalue weighted by molar-refractivity contribution is 6.40. The van der Waals surface area contributed by atoms with Crippen LogP contribution in [0.3, 0.4) is 0 Å². The molecule has 3 N–H and O–H groups in total. The van der Waals surface area contributed by atoms with E-state index in [9.17, 15) is 9.59 Å². The molecule has 0 saturated carbocycles. The Morgan fingerprint density at radius 2 is 1.85 bits per heavy atom. The van der Waals surface area contributed by atoms with Gasteiger partial charge in [-0.15, -0.1) is 0 Å². The van der Waals surface area contributed by atoms with Gasteiger partial charge in [-0.1, -0.05) is 43.5 Å². The maximum absolute atomic E-state index is 11.7. The molecule has 0 spiro atoms. The summed E-state index contributed by atoms with van der Waals surface area (Å²) in [5.41, 5.74) is 0.158. The number of carboxylic acid groups (broad SMARTS) is 1. The van der Waals surface area contributed by atoms with E-state index < -0.39 is 12.0 Å². The van der Waals surface area contributed by atoms with Gasteiger partial charge in [-0.25, -0.2) is 9.59 Å². The molecule has 2 amide bonds. The van der Waals surface area contributed by atoms with Gasteiger partial charge in [-0.3, -0.25) is 0 Å². The lowest BCUT2D eigenvalue weighted by atomic mass is 10.1. The van der Waals surface area contributed by atoms with Gasteiger partial charge in [0.2, 0.25) is 0 Å². The van der Waals surface area contributed by atoms with Crippen LogP contribution in [0.2, 0.25) is 10.0 Å². The fraction of sp³-hybridized carbons (Fsp3) is 0.385. The summed E-state index contributed by atoms with van der Waals surface area (Å²) in [5.74, 6) is -0.775. The Morgan fingerprint density at radius 1 is 1.30 bits per heavy atom. The van der Waals surface area contributed by atoms with Crippen molar-refractivity contribution in [1.82, 2.24) is 5.32 Å². The number of urea groups is 1. The van der Waals surface area contributed by atoms with Crippen LogP contribution >= 0.6 is 23.2 Å². The predicted octanol–water partition coefficient (Wildman–Crippen LogP) is 3.86. The van der Waals surface area contributed by atoms with E-state index in [1.54, 1.807) is 0 Å². The second-order valence-electron chi connectivity index (χ2n) is 4.47. The zero-order chi connectivity index (χ0) is 15.3. The van der Waals surface area contributed by atoms with Crippen LogP contribution in [0.1, 0.15) is 30.6 Å². The van der Waals surface area contributed by atoms with Crippen molar-refractivity contribution in [3.05, 3.63) is 27.7 Å². The van der Waals surface area contributed by atoms with Crippen LogP contribution in [0.15, 0.2) is 12.1 Å². The molecule has 0 radical (unpaired) electrons. The minimum Gasteiger partial charge on any atom is -0.478 e. The number of nitrogens with one attached hydrogen (secondary N) is 2. The van der Waals surface area contributed by atoms with E-state index >= 15 is 0 Å². The quantitative estimate of drug-likeness (QED) is 0.771. The van der Waals surface area contributed by atoms with E-state index in [-0.39, 0.29) is 21.3 Å². The summed E-state index contributed by atoms with van der Waals surface area (Å²) in [6.45, 7) is 4.58. The largest absolute Gasteiger partial charge is 0.478 e. The third-order valence-corrected chi connectivity index (χ3v) is 3.43. The number of rotatable bonds is 5. The Morgan fingerprint density at radius 3 is 2.30 bits per heavy atom. The molecule has 1 aromatic carbocycles. The first-order chi connectivity index (χ1) is 9.35. The van der Waals surface area contributed by atoms with Gasteiger partial charge in [0.15, 0.2) is 0 Å². The Hall–Kier alpha value is -1.46. The van der Waals surface area contributed by atoms with Crippen molar-refractivity contribution in [1.29, 1.82) is 0 Å². The van der Waals surface area contributed by atoms with Crippen LogP contribution in [0.5, 0.6) is 0 Å². The van der Waals surface area contributed by atoms with Crippen molar-refractivity contribution in [3.63, 3.8) is 0 Å². The van der Waals surface area contributed by atoms with Crippen molar-refractivity contribution in [3.8, 4) is 0 Å². The summed E-state index contributed by atoms with van der Waals surface area (Å²) < 4.78 is 0. The van der Waals surface area contributed by atoms with Gasteiger partial charge in [-0.05, 0) is 18.1 Å². The molecule has 1 unspecified atom stereocenters. The molecule has 0 saturated heterocycles. The van der Waals surface area contributed by atoms with Crippen LogP contribution in [-0.4, -0.2) is 23.7 Å². The van der Waals surface area contributed by atoms with Gasteiger partial charge in [0.1, 0.15) is 0 Å². The maximum Gasteiger partial charge on any atom is 0.335 e. The fourth-order valence-corrected chi connectivity index (χ4v) is 1.97. The number of carboxylic acids is 1. The van der Waals surface area contributed by atoms with Crippen LogP contribution in [0, 0.1) is 5.92 Å². The Labute approximate surface area is 127 Å². The van der Waals surface area contributed by atoms with Gasteiger partial charge < -0.3 is 15.7 Å². The number of halogens is 2. The first-order valence-corrected chi connectivity index (χ1v) is 6.87. The molecule has 1 atom stereocenters. The van der Waals surface area contributed by atoms with Crippen LogP contribution in [0.25, 0.3) is 0 Å². The first-order valence-electron chi connectivity index (χ1n) is 6.12. The number of hydrogen-bond acceptors (Lipinski definition) is 2. The van der Waals surface area contributed by atoms with Crippen molar-refractivity contribution in [2.24, 2.45) is 5.92 Å². The molecule has 0 aliphatic rings. The SMILES string of the molecule is CCC(C)CNC(=O)Nc1c(Cl)cc(C(=O)O)cc1Cl. The van der Waals surface area contributed by atoms with Crippen molar-refractivity contribution in [2.75, 3.05) is 11.9 Å². The minimum atomic E-state index is -1.14. The van der Waals surface area contributed by atoms with E-state index in [1.807, 2.05) is 13.8 Å². The van der Waals surface area contributed by atoms with Gasteiger partial charge in [0, 0.05) is 6.54 Å². The van der Waals surface area contributed by atoms with E-state index in [4.69, 9.17) is 28.3 Å². The van der Waals surface area contributed by atoms with E-state index in [1.165, 1.54) is 12.1 Å². The number of anilines is 1. The molecule has 0 aromatic heterocycles. The molecule has 0 aliphatic carbocycles. The number of hydrogen-bond donors (Lipinski definition) is 3. The second-order valence-corrected chi connectivity index (χ2v) is 5.28. The highest BCUT2D eigenvalue weighted by Crippen LogP contribution is 2.31. The third kappa shape index (κ3) is 4.58. The van der Waals surface area contributed by atoms with Crippen molar-refractivity contribution < 1.29 is 14.7 Å². The number of amides is 2. The van der Waals surface area contributed by atoms with E-state index in [0.29, 0.717) is 12.5 Å². The molecule has 5 nitrogen and oxygen atoms in total.